The highest BCUT2D eigenvalue weighted by Gasteiger charge is 2.15. The second-order valence-electron chi connectivity index (χ2n) is 19.7. The summed E-state index contributed by atoms with van der Waals surface area (Å²) in [6, 6.07) is 0. The van der Waals surface area contributed by atoms with Gasteiger partial charge in [-0.05, 0) is 89.9 Å². The number of aliphatic hydroxyl groups is 1. The van der Waals surface area contributed by atoms with E-state index in [4.69, 9.17) is 9.47 Å². The Labute approximate surface area is 445 Å². The topological polar surface area (TPSA) is 72.8 Å². The maximum atomic E-state index is 12.2. The Morgan fingerprint density at radius 1 is 0.319 bits per heavy atom. The van der Waals surface area contributed by atoms with E-state index < -0.39 is 12.1 Å². The van der Waals surface area contributed by atoms with Crippen molar-refractivity contribution in [1.82, 2.24) is 0 Å². The zero-order chi connectivity index (χ0) is 52.0. The number of esters is 2. The van der Waals surface area contributed by atoms with Gasteiger partial charge in [0.25, 0.3) is 0 Å². The van der Waals surface area contributed by atoms with E-state index in [0.717, 1.165) is 83.5 Å². The summed E-state index contributed by atoms with van der Waals surface area (Å²) in [6.45, 7) is 3.86. The SMILES string of the molecule is CC/C=C\C/C=C\C/C=C\C/C=C\C/C=C\C/C=C\CCC(=O)OC(CO)COC(=O)CCCCCCCCCCCCCCCCCCCCCCCCCCCC/C=C\C/C=C\C/C=C\C/C=C\CC. The zero-order valence-electron chi connectivity index (χ0n) is 46.9. The van der Waals surface area contributed by atoms with Gasteiger partial charge in [0.1, 0.15) is 6.61 Å². The van der Waals surface area contributed by atoms with Crippen molar-refractivity contribution in [3.8, 4) is 0 Å². The average molecular weight is 998 g/mol. The molecule has 0 amide bonds. The number of hydrogen-bond donors (Lipinski definition) is 1. The van der Waals surface area contributed by atoms with Crippen LogP contribution in [0.4, 0.5) is 0 Å². The van der Waals surface area contributed by atoms with E-state index in [9.17, 15) is 14.7 Å². The Bertz CT molecular complexity index is 1450. The number of carbonyl (C=O) groups excluding carboxylic acids is 2. The van der Waals surface area contributed by atoms with Crippen LogP contribution in [0, 0.1) is 0 Å². The minimum Gasteiger partial charge on any atom is -0.462 e. The lowest BCUT2D eigenvalue weighted by Crippen LogP contribution is -2.28. The van der Waals surface area contributed by atoms with Gasteiger partial charge in [-0.25, -0.2) is 0 Å². The molecule has 1 unspecified atom stereocenters. The van der Waals surface area contributed by atoms with E-state index in [1.54, 1.807) is 0 Å². The quantitative estimate of drug-likeness (QED) is 0.0373. The molecule has 0 aromatic rings. The maximum absolute atomic E-state index is 12.2. The van der Waals surface area contributed by atoms with E-state index in [1.165, 1.54) is 154 Å². The summed E-state index contributed by atoms with van der Waals surface area (Å²) in [4.78, 5) is 24.5. The van der Waals surface area contributed by atoms with Crippen LogP contribution >= 0.6 is 0 Å². The first-order valence-corrected chi connectivity index (χ1v) is 30.1. The second-order valence-corrected chi connectivity index (χ2v) is 19.7. The van der Waals surface area contributed by atoms with Gasteiger partial charge < -0.3 is 14.6 Å². The number of ether oxygens (including phenoxy) is 2. The number of carbonyl (C=O) groups is 2. The predicted molar refractivity (Wildman–Crippen MR) is 315 cm³/mol. The van der Waals surface area contributed by atoms with Gasteiger partial charge in [0.15, 0.2) is 6.10 Å². The summed E-state index contributed by atoms with van der Waals surface area (Å²) < 4.78 is 10.6. The van der Waals surface area contributed by atoms with E-state index in [1.807, 2.05) is 12.2 Å². The van der Waals surface area contributed by atoms with Crippen molar-refractivity contribution >= 4 is 11.9 Å². The monoisotopic (exact) mass is 997 g/mol. The van der Waals surface area contributed by atoms with Crippen molar-refractivity contribution in [1.29, 1.82) is 0 Å². The molecule has 72 heavy (non-hydrogen) atoms. The van der Waals surface area contributed by atoms with Crippen LogP contribution in [0.25, 0.3) is 0 Å². The van der Waals surface area contributed by atoms with Crippen LogP contribution in [-0.2, 0) is 19.1 Å². The fourth-order valence-corrected chi connectivity index (χ4v) is 8.34. The fourth-order valence-electron chi connectivity index (χ4n) is 8.34. The first-order valence-electron chi connectivity index (χ1n) is 30.1. The first-order chi connectivity index (χ1) is 35.6. The molecule has 0 saturated heterocycles. The van der Waals surface area contributed by atoms with Crippen LogP contribution in [0.5, 0.6) is 0 Å². The molecule has 0 bridgehead atoms. The Balaban J connectivity index is 3.47. The molecule has 0 aliphatic heterocycles. The van der Waals surface area contributed by atoms with Gasteiger partial charge in [-0.1, -0.05) is 289 Å². The number of allylic oxidation sites excluding steroid dienone is 20. The van der Waals surface area contributed by atoms with Gasteiger partial charge in [-0.3, -0.25) is 9.59 Å². The molecule has 410 valence electrons. The molecule has 1 N–H and O–H groups in total. The summed E-state index contributed by atoms with van der Waals surface area (Å²) in [5.41, 5.74) is 0. The zero-order valence-corrected chi connectivity index (χ0v) is 46.9. The molecule has 0 aliphatic rings. The van der Waals surface area contributed by atoms with Crippen molar-refractivity contribution in [2.75, 3.05) is 13.2 Å². The fraction of sp³-hybridized carbons (Fsp3) is 0.672. The molecular weight excluding hydrogens is 885 g/mol. The van der Waals surface area contributed by atoms with Crippen LogP contribution in [0.15, 0.2) is 122 Å². The molecule has 0 rings (SSSR count). The Hall–Kier alpha value is -3.70. The third-order valence-electron chi connectivity index (χ3n) is 12.8. The Morgan fingerprint density at radius 2 is 0.583 bits per heavy atom. The van der Waals surface area contributed by atoms with Crippen LogP contribution in [0.3, 0.4) is 0 Å². The lowest BCUT2D eigenvalue weighted by Gasteiger charge is -2.15. The van der Waals surface area contributed by atoms with Crippen molar-refractivity contribution in [3.63, 3.8) is 0 Å². The molecule has 0 radical (unpaired) electrons. The Kier molecular flexibility index (Phi) is 58.4. The van der Waals surface area contributed by atoms with Gasteiger partial charge in [0, 0.05) is 12.8 Å². The summed E-state index contributed by atoms with van der Waals surface area (Å²) in [5.74, 6) is -0.686. The second kappa shape index (κ2) is 61.6. The normalized spacial score (nSPS) is 13.1. The van der Waals surface area contributed by atoms with Crippen molar-refractivity contribution in [2.45, 2.75) is 277 Å². The molecule has 0 spiro atoms. The molecule has 0 aromatic carbocycles. The van der Waals surface area contributed by atoms with Crippen molar-refractivity contribution in [2.24, 2.45) is 0 Å². The standard InChI is InChI=1S/C67H112O5/c1-3-5-7-9-11-13-15-17-19-21-23-24-25-26-27-28-29-30-31-32-33-34-35-36-37-38-39-40-41-42-44-45-47-49-51-53-55-57-59-61-66(69)71-64-65(63-68)72-67(70)62-60-58-56-54-52-50-48-46-43-22-20-18-16-14-12-10-8-6-4-2/h5-8,11-14,17-20,23-24,43,46,50,52,56,58,65,68H,3-4,9-10,15-16,21-22,25-42,44-45,47-49,51,53-55,57,59-64H2,1-2H3/b7-5-,8-6-,13-11-,14-12-,19-17-,20-18-,24-23-,46-43-,52-50-,58-56-. The number of rotatable bonds is 54. The van der Waals surface area contributed by atoms with Gasteiger partial charge in [-0.2, -0.15) is 0 Å². The van der Waals surface area contributed by atoms with Crippen LogP contribution in [0.1, 0.15) is 271 Å². The molecule has 0 aromatic heterocycles. The molecule has 1 atom stereocenters. The lowest BCUT2D eigenvalue weighted by atomic mass is 10.0. The van der Waals surface area contributed by atoms with Crippen molar-refractivity contribution < 1.29 is 24.2 Å². The van der Waals surface area contributed by atoms with Gasteiger partial charge in [0.05, 0.1) is 6.61 Å². The smallest absolute Gasteiger partial charge is 0.306 e. The molecular formula is C67H112O5. The minimum atomic E-state index is -0.818. The average Bonchev–Trinajstić information content (AvgIpc) is 3.38. The van der Waals surface area contributed by atoms with Crippen LogP contribution < -0.4 is 0 Å². The van der Waals surface area contributed by atoms with Gasteiger partial charge in [-0.15, -0.1) is 0 Å². The van der Waals surface area contributed by atoms with Crippen LogP contribution in [-0.4, -0.2) is 36.4 Å². The van der Waals surface area contributed by atoms with Gasteiger partial charge in [0.2, 0.25) is 0 Å². The molecule has 0 fully saturated rings. The molecule has 0 heterocycles. The van der Waals surface area contributed by atoms with Crippen molar-refractivity contribution in [3.05, 3.63) is 122 Å². The van der Waals surface area contributed by atoms with E-state index in [2.05, 4.69) is 123 Å². The van der Waals surface area contributed by atoms with E-state index in [0.29, 0.717) is 12.8 Å². The molecule has 0 saturated carbocycles. The minimum absolute atomic E-state index is 0.0995. The largest absolute Gasteiger partial charge is 0.462 e. The highest BCUT2D eigenvalue weighted by atomic mass is 16.6. The molecule has 5 nitrogen and oxygen atoms in total. The third kappa shape index (κ3) is 58.9. The van der Waals surface area contributed by atoms with Crippen LogP contribution in [0.2, 0.25) is 0 Å². The summed E-state index contributed by atoms with van der Waals surface area (Å²) in [6.07, 6.45) is 90.8. The first kappa shape index (κ1) is 68.3. The number of hydrogen-bond acceptors (Lipinski definition) is 5. The molecule has 5 heteroatoms. The maximum Gasteiger partial charge on any atom is 0.306 e. The number of unbranched alkanes of at least 4 members (excludes halogenated alkanes) is 26. The summed E-state index contributed by atoms with van der Waals surface area (Å²) in [7, 11) is 0. The highest BCUT2D eigenvalue weighted by molar-refractivity contribution is 5.70. The van der Waals surface area contributed by atoms with E-state index >= 15 is 0 Å². The predicted octanol–water partition coefficient (Wildman–Crippen LogP) is 20.6. The molecule has 0 aliphatic carbocycles. The highest BCUT2D eigenvalue weighted by Crippen LogP contribution is 2.17. The van der Waals surface area contributed by atoms with E-state index in [-0.39, 0.29) is 25.6 Å². The third-order valence-corrected chi connectivity index (χ3v) is 12.8. The summed E-state index contributed by atoms with van der Waals surface area (Å²) >= 11 is 0. The Morgan fingerprint density at radius 3 is 0.889 bits per heavy atom. The van der Waals surface area contributed by atoms with Gasteiger partial charge >= 0.3 is 11.9 Å². The number of aliphatic hydroxyl groups excluding tert-OH is 1. The lowest BCUT2D eigenvalue weighted by molar-refractivity contribution is -0.161. The summed E-state index contributed by atoms with van der Waals surface area (Å²) in [5, 5.41) is 9.63.